The lowest BCUT2D eigenvalue weighted by molar-refractivity contribution is -0.660. The normalized spacial score (nSPS) is 10.2. The Morgan fingerprint density at radius 2 is 1.10 bits per heavy atom. The molecule has 0 aliphatic carbocycles. The van der Waals surface area contributed by atoms with Crippen molar-refractivity contribution in [2.75, 3.05) is 38.0 Å². The lowest BCUT2D eigenvalue weighted by Crippen LogP contribution is -3.00. The maximum Gasteiger partial charge on any atom is 0.231 e. The first-order chi connectivity index (χ1) is 12.8. The predicted octanol–water partition coefficient (Wildman–Crippen LogP) is -3.37. The zero-order chi connectivity index (χ0) is 19.7. The van der Waals surface area contributed by atoms with Crippen molar-refractivity contribution in [1.29, 1.82) is 0 Å². The minimum Gasteiger partial charge on any atom is -1.00 e. The van der Waals surface area contributed by atoms with Gasteiger partial charge in [-0.2, -0.15) is 9.13 Å². The van der Waals surface area contributed by atoms with Gasteiger partial charge in [0.25, 0.3) is 0 Å². The van der Waals surface area contributed by atoms with E-state index in [4.69, 9.17) is 0 Å². The number of nitrogens with zero attached hydrogens (tertiary/aromatic N) is 5. The maximum absolute atomic E-state index is 2.39. The number of aromatic nitrogens is 3. The summed E-state index contributed by atoms with van der Waals surface area (Å²) >= 11 is 0. The number of pyridine rings is 2. The van der Waals surface area contributed by atoms with Gasteiger partial charge in [0.1, 0.15) is 25.5 Å². The maximum atomic E-state index is 2.39. The van der Waals surface area contributed by atoms with Crippen molar-refractivity contribution < 1.29 is 57.1 Å². The van der Waals surface area contributed by atoms with E-state index in [0.717, 1.165) is 6.54 Å². The average molecular weight is 619 g/mol. The summed E-state index contributed by atoms with van der Waals surface area (Å²) in [6, 6.07) is 13.3. The fourth-order valence-electron chi connectivity index (χ4n) is 3.44. The van der Waals surface area contributed by atoms with Crippen LogP contribution in [0.25, 0.3) is 22.8 Å². The summed E-state index contributed by atoms with van der Waals surface area (Å²) in [5, 5.41) is 0. The van der Waals surface area contributed by atoms with E-state index < -0.39 is 0 Å². The van der Waals surface area contributed by atoms with Crippen LogP contribution in [0.4, 0.5) is 11.4 Å². The zero-order valence-electron chi connectivity index (χ0n) is 18.3. The molecule has 0 aliphatic rings. The zero-order valence-corrected chi connectivity index (χ0v) is 22.6. The van der Waals surface area contributed by atoms with Gasteiger partial charge in [-0.05, 0) is 19.1 Å². The van der Waals surface area contributed by atoms with E-state index in [1.165, 1.54) is 34.2 Å². The molecule has 5 nitrogen and oxygen atoms in total. The highest BCUT2D eigenvalue weighted by atomic mass is 127. The third kappa shape index (κ3) is 5.22. The molecule has 0 bridgehead atoms. The van der Waals surface area contributed by atoms with Crippen molar-refractivity contribution in [3.63, 3.8) is 0 Å². The molecule has 0 amide bonds. The van der Waals surface area contributed by atoms with Crippen LogP contribution >= 0.6 is 0 Å². The lowest BCUT2D eigenvalue weighted by atomic mass is 10.2. The Morgan fingerprint density at radius 3 is 1.41 bits per heavy atom. The largest absolute Gasteiger partial charge is 1.00 e. The molecule has 3 rings (SSSR count). The van der Waals surface area contributed by atoms with E-state index in [1.54, 1.807) is 0 Å². The Morgan fingerprint density at radius 1 is 0.724 bits per heavy atom. The quantitative estimate of drug-likeness (QED) is 0.220. The first-order valence-electron chi connectivity index (χ1n) is 9.37. The Labute approximate surface area is 209 Å². The second-order valence-corrected chi connectivity index (χ2v) is 7.40. The standard InChI is InChI=1S/C22H31N5.2HI/c1-8-27-19(21-15-17(23(2)3)11-13-25(21)6)9-10-20(27)22-16-18(24(4)5)12-14-26(22)7;;/h9-16H,8H2,1-7H3;2*1H/q+2;;/p-2. The van der Waals surface area contributed by atoms with Gasteiger partial charge in [0, 0.05) is 70.4 Å². The topological polar surface area (TPSA) is 19.2 Å². The molecule has 0 fully saturated rings. The number of rotatable bonds is 5. The third-order valence-electron chi connectivity index (χ3n) is 5.12. The SMILES string of the molecule is CCn1c(-c2cc(N(C)C)cc[n+]2C)ccc1-c1cc(N(C)C)cc[n+]1C.[I-].[I-]. The average Bonchev–Trinajstić information content (AvgIpc) is 3.05. The van der Waals surface area contributed by atoms with Crippen LogP contribution in [-0.2, 0) is 20.6 Å². The summed E-state index contributed by atoms with van der Waals surface area (Å²) < 4.78 is 6.77. The molecule has 29 heavy (non-hydrogen) atoms. The molecule has 0 atom stereocenters. The monoisotopic (exact) mass is 619 g/mol. The highest BCUT2D eigenvalue weighted by Crippen LogP contribution is 2.28. The first-order valence-corrected chi connectivity index (χ1v) is 9.37. The van der Waals surface area contributed by atoms with Gasteiger partial charge >= 0.3 is 0 Å². The van der Waals surface area contributed by atoms with Crippen LogP contribution < -0.4 is 66.9 Å². The highest BCUT2D eigenvalue weighted by Gasteiger charge is 2.22. The first kappa shape index (κ1) is 25.7. The predicted molar refractivity (Wildman–Crippen MR) is 112 cm³/mol. The van der Waals surface area contributed by atoms with Crippen molar-refractivity contribution in [3.05, 3.63) is 48.8 Å². The van der Waals surface area contributed by atoms with Crippen molar-refractivity contribution in [3.8, 4) is 22.8 Å². The van der Waals surface area contributed by atoms with Crippen molar-refractivity contribution >= 4 is 11.4 Å². The molecule has 0 N–H and O–H groups in total. The van der Waals surface area contributed by atoms with Gasteiger partial charge in [-0.3, -0.25) is 0 Å². The summed E-state index contributed by atoms with van der Waals surface area (Å²) in [5.74, 6) is 0. The Bertz CT molecular complexity index is 889. The van der Waals surface area contributed by atoms with E-state index in [0.29, 0.717) is 0 Å². The number of hydrogen-bond donors (Lipinski definition) is 0. The molecule has 0 aromatic carbocycles. The molecule has 0 unspecified atom stereocenters. The van der Waals surface area contributed by atoms with Crippen LogP contribution in [0.3, 0.4) is 0 Å². The molecule has 7 heteroatoms. The van der Waals surface area contributed by atoms with Crippen molar-refractivity contribution in [2.24, 2.45) is 14.1 Å². The molecule has 3 heterocycles. The second kappa shape index (κ2) is 10.6. The van der Waals surface area contributed by atoms with Gasteiger partial charge in [-0.25, -0.2) is 0 Å². The molecule has 0 aliphatic heterocycles. The minimum atomic E-state index is 0. The van der Waals surface area contributed by atoms with Gasteiger partial charge in [0.05, 0.1) is 0 Å². The van der Waals surface area contributed by atoms with E-state index in [9.17, 15) is 0 Å². The van der Waals surface area contributed by atoms with Crippen molar-refractivity contribution in [1.82, 2.24) is 4.57 Å². The van der Waals surface area contributed by atoms with Crippen LogP contribution in [0, 0.1) is 0 Å². The molecule has 0 saturated heterocycles. The molecule has 0 saturated carbocycles. The van der Waals surface area contributed by atoms with E-state index in [-0.39, 0.29) is 48.0 Å². The smallest absolute Gasteiger partial charge is 0.231 e. The van der Waals surface area contributed by atoms with Gasteiger partial charge in [0.2, 0.25) is 11.4 Å². The number of aryl methyl sites for hydroxylation is 2. The molecular weight excluding hydrogens is 588 g/mol. The van der Waals surface area contributed by atoms with Crippen LogP contribution in [0.15, 0.2) is 48.8 Å². The minimum absolute atomic E-state index is 0. The van der Waals surface area contributed by atoms with Gasteiger partial charge in [-0.15, -0.1) is 0 Å². The number of hydrogen-bond acceptors (Lipinski definition) is 2. The van der Waals surface area contributed by atoms with Crippen LogP contribution in [0.1, 0.15) is 6.92 Å². The summed E-state index contributed by atoms with van der Waals surface area (Å²) in [7, 11) is 12.5. The van der Waals surface area contributed by atoms with Crippen LogP contribution in [0.2, 0.25) is 0 Å². The van der Waals surface area contributed by atoms with E-state index in [1.807, 2.05) is 0 Å². The molecular formula is C22H31I2N5. The third-order valence-corrected chi connectivity index (χ3v) is 5.12. The van der Waals surface area contributed by atoms with E-state index in [2.05, 4.69) is 122 Å². The summed E-state index contributed by atoms with van der Waals surface area (Å²) in [6.07, 6.45) is 4.26. The van der Waals surface area contributed by atoms with Gasteiger partial charge in [0.15, 0.2) is 12.4 Å². The second-order valence-electron chi connectivity index (χ2n) is 7.40. The molecule has 3 aromatic heterocycles. The highest BCUT2D eigenvalue weighted by molar-refractivity contribution is 5.67. The van der Waals surface area contributed by atoms with Crippen LogP contribution in [-0.4, -0.2) is 32.8 Å². The summed E-state index contributed by atoms with van der Waals surface area (Å²) in [4.78, 5) is 4.29. The van der Waals surface area contributed by atoms with Gasteiger partial charge < -0.3 is 62.3 Å². The fourth-order valence-corrected chi connectivity index (χ4v) is 3.44. The fraction of sp³-hybridized carbons (Fsp3) is 0.364. The number of halogens is 2. The summed E-state index contributed by atoms with van der Waals surface area (Å²) in [5.41, 5.74) is 7.28. The molecule has 158 valence electrons. The summed E-state index contributed by atoms with van der Waals surface area (Å²) in [6.45, 7) is 3.12. The molecule has 0 radical (unpaired) electrons. The Kier molecular flexibility index (Phi) is 9.39. The molecule has 3 aromatic rings. The Hall–Kier alpha value is -1.36. The molecule has 0 spiro atoms. The lowest BCUT2D eigenvalue weighted by Gasteiger charge is -2.15. The number of anilines is 2. The van der Waals surface area contributed by atoms with Crippen molar-refractivity contribution in [2.45, 2.75) is 13.5 Å². The van der Waals surface area contributed by atoms with Crippen LogP contribution in [0.5, 0.6) is 0 Å². The van der Waals surface area contributed by atoms with E-state index >= 15 is 0 Å². The van der Waals surface area contributed by atoms with Gasteiger partial charge in [-0.1, -0.05) is 0 Å². The Balaban J connectivity index is 0.00000210.